The van der Waals surface area contributed by atoms with E-state index in [1.54, 1.807) is 0 Å². The molecule has 1 N–H and O–H groups in total. The Hall–Kier alpha value is -1.81. The van der Waals surface area contributed by atoms with Crippen molar-refractivity contribution in [3.8, 4) is 11.3 Å². The van der Waals surface area contributed by atoms with Gasteiger partial charge in [0.25, 0.3) is 0 Å². The van der Waals surface area contributed by atoms with Crippen LogP contribution in [0.3, 0.4) is 0 Å². The van der Waals surface area contributed by atoms with E-state index >= 15 is 0 Å². The zero-order valence-electron chi connectivity index (χ0n) is 10.8. The lowest BCUT2D eigenvalue weighted by Crippen LogP contribution is -2.13. The van der Waals surface area contributed by atoms with E-state index < -0.39 is 5.97 Å². The van der Waals surface area contributed by atoms with Crippen molar-refractivity contribution in [3.05, 3.63) is 40.6 Å². The Morgan fingerprint density at radius 3 is 2.65 bits per heavy atom. The highest BCUT2D eigenvalue weighted by Crippen LogP contribution is 2.32. The van der Waals surface area contributed by atoms with Gasteiger partial charge >= 0.3 is 5.97 Å². The maximum Gasteiger partial charge on any atom is 0.306 e. The van der Waals surface area contributed by atoms with Crippen LogP contribution in [-0.4, -0.2) is 16.2 Å². The number of fused-ring (bicyclic) bond motifs is 1. The van der Waals surface area contributed by atoms with Gasteiger partial charge in [-0.3, -0.25) is 4.79 Å². The first-order valence-corrected chi connectivity index (χ1v) is 6.99. The molecule has 1 aromatic carbocycles. The van der Waals surface area contributed by atoms with E-state index in [0.717, 1.165) is 22.6 Å². The van der Waals surface area contributed by atoms with Gasteiger partial charge in [0, 0.05) is 22.6 Å². The summed E-state index contributed by atoms with van der Waals surface area (Å²) in [5.41, 5.74) is 2.80. The molecular formula is C15H14ClNO3. The molecule has 1 heterocycles. The number of aliphatic carboxylic acids is 1. The molecule has 5 heteroatoms. The molecule has 3 rings (SSSR count). The Bertz CT molecular complexity index is 633. The van der Waals surface area contributed by atoms with Crippen molar-refractivity contribution in [2.75, 3.05) is 0 Å². The van der Waals surface area contributed by atoms with Crippen LogP contribution < -0.4 is 0 Å². The maximum absolute atomic E-state index is 11.1. The molecule has 2 aromatic rings. The number of carbonyl (C=O) groups is 1. The van der Waals surface area contributed by atoms with Gasteiger partial charge in [-0.2, -0.15) is 0 Å². The molecule has 0 fully saturated rings. The Morgan fingerprint density at radius 1 is 1.25 bits per heavy atom. The smallest absolute Gasteiger partial charge is 0.306 e. The Kier molecular flexibility index (Phi) is 3.49. The molecule has 0 amide bonds. The summed E-state index contributed by atoms with van der Waals surface area (Å²) in [4.78, 5) is 11.1. The van der Waals surface area contributed by atoms with E-state index in [-0.39, 0.29) is 5.92 Å². The number of rotatable bonds is 2. The van der Waals surface area contributed by atoms with Crippen molar-refractivity contribution >= 4 is 17.6 Å². The predicted molar refractivity (Wildman–Crippen MR) is 74.7 cm³/mol. The molecule has 1 aliphatic rings. The fraction of sp³-hybridized carbons (Fsp3) is 0.333. The minimum Gasteiger partial charge on any atom is -0.481 e. The number of carboxylic acid groups (broad SMARTS) is 1. The van der Waals surface area contributed by atoms with Gasteiger partial charge in [-0.25, -0.2) is 0 Å². The van der Waals surface area contributed by atoms with Crippen molar-refractivity contribution in [1.82, 2.24) is 5.16 Å². The average Bonchev–Trinajstić information content (AvgIpc) is 2.71. The third-order valence-corrected chi connectivity index (χ3v) is 4.05. The number of benzene rings is 1. The minimum absolute atomic E-state index is 0.296. The first-order chi connectivity index (χ1) is 9.65. The molecule has 1 atom stereocenters. The number of aromatic nitrogens is 1. The van der Waals surface area contributed by atoms with Crippen LogP contribution in [0.15, 0.2) is 28.8 Å². The van der Waals surface area contributed by atoms with E-state index in [2.05, 4.69) is 5.16 Å². The van der Waals surface area contributed by atoms with Crippen LogP contribution in [0, 0.1) is 5.92 Å². The molecule has 0 radical (unpaired) electrons. The summed E-state index contributed by atoms with van der Waals surface area (Å²) >= 11 is 5.89. The van der Waals surface area contributed by atoms with E-state index in [1.807, 2.05) is 24.3 Å². The Morgan fingerprint density at radius 2 is 1.95 bits per heavy atom. The van der Waals surface area contributed by atoms with Crippen LogP contribution in [0.4, 0.5) is 0 Å². The molecule has 0 spiro atoms. The number of hydrogen-bond donors (Lipinski definition) is 1. The molecule has 0 saturated heterocycles. The van der Waals surface area contributed by atoms with Crippen molar-refractivity contribution < 1.29 is 14.4 Å². The molecule has 1 unspecified atom stereocenters. The Labute approximate surface area is 121 Å². The van der Waals surface area contributed by atoms with Crippen LogP contribution in [0.2, 0.25) is 5.02 Å². The summed E-state index contributed by atoms with van der Waals surface area (Å²) in [5.74, 6) is -0.203. The molecule has 104 valence electrons. The SMILES string of the molecule is O=C(O)C1CCc2onc(-c3ccc(Cl)cc3)c2CC1. The van der Waals surface area contributed by atoms with E-state index in [4.69, 9.17) is 21.2 Å². The molecular weight excluding hydrogens is 278 g/mol. The van der Waals surface area contributed by atoms with Crippen LogP contribution in [0.25, 0.3) is 11.3 Å². The number of carboxylic acids is 1. The third kappa shape index (κ3) is 2.43. The third-order valence-electron chi connectivity index (χ3n) is 3.80. The second-order valence-corrected chi connectivity index (χ2v) is 5.49. The Balaban J connectivity index is 1.92. The normalized spacial score (nSPS) is 18.4. The minimum atomic E-state index is -0.726. The number of aryl methyl sites for hydroxylation is 1. The lowest BCUT2D eigenvalue weighted by molar-refractivity contribution is -0.142. The summed E-state index contributed by atoms with van der Waals surface area (Å²) in [6.07, 6.45) is 2.56. The number of halogens is 1. The maximum atomic E-state index is 11.1. The first-order valence-electron chi connectivity index (χ1n) is 6.61. The van der Waals surface area contributed by atoms with Gasteiger partial charge in [-0.05, 0) is 31.4 Å². The summed E-state index contributed by atoms with van der Waals surface area (Å²) in [6.45, 7) is 0. The molecule has 1 aromatic heterocycles. The second-order valence-electron chi connectivity index (χ2n) is 5.05. The van der Waals surface area contributed by atoms with Crippen LogP contribution >= 0.6 is 11.6 Å². The second kappa shape index (κ2) is 5.29. The van der Waals surface area contributed by atoms with Crippen molar-refractivity contribution in [3.63, 3.8) is 0 Å². The number of nitrogens with zero attached hydrogens (tertiary/aromatic N) is 1. The summed E-state index contributed by atoms with van der Waals surface area (Å²) in [6, 6.07) is 7.43. The standard InChI is InChI=1S/C15H14ClNO3/c16-11-5-1-9(2-6-11)14-12-7-3-10(15(18)19)4-8-13(12)20-17-14/h1-2,5-6,10H,3-4,7-8H2,(H,18,19). The highest BCUT2D eigenvalue weighted by atomic mass is 35.5. The van der Waals surface area contributed by atoms with Gasteiger partial charge in [-0.15, -0.1) is 0 Å². The summed E-state index contributed by atoms with van der Waals surface area (Å²) < 4.78 is 5.40. The van der Waals surface area contributed by atoms with Crippen molar-refractivity contribution in [2.45, 2.75) is 25.7 Å². The monoisotopic (exact) mass is 291 g/mol. The van der Waals surface area contributed by atoms with Crippen LogP contribution in [0.1, 0.15) is 24.2 Å². The zero-order chi connectivity index (χ0) is 14.1. The topological polar surface area (TPSA) is 63.3 Å². The van der Waals surface area contributed by atoms with E-state index in [9.17, 15) is 4.79 Å². The highest BCUT2D eigenvalue weighted by molar-refractivity contribution is 6.30. The average molecular weight is 292 g/mol. The van der Waals surface area contributed by atoms with Gasteiger partial charge in [0.15, 0.2) is 0 Å². The fourth-order valence-electron chi connectivity index (χ4n) is 2.65. The largest absolute Gasteiger partial charge is 0.481 e. The lowest BCUT2D eigenvalue weighted by Gasteiger charge is -2.06. The van der Waals surface area contributed by atoms with Crippen molar-refractivity contribution in [1.29, 1.82) is 0 Å². The fourth-order valence-corrected chi connectivity index (χ4v) is 2.77. The quantitative estimate of drug-likeness (QED) is 0.859. The molecule has 0 bridgehead atoms. The zero-order valence-corrected chi connectivity index (χ0v) is 11.6. The predicted octanol–water partition coefficient (Wildman–Crippen LogP) is 3.57. The first kappa shape index (κ1) is 13.2. The summed E-state index contributed by atoms with van der Waals surface area (Å²) in [7, 11) is 0. The highest BCUT2D eigenvalue weighted by Gasteiger charge is 2.26. The van der Waals surface area contributed by atoms with Gasteiger partial charge in [0.1, 0.15) is 11.5 Å². The van der Waals surface area contributed by atoms with Gasteiger partial charge in [0.05, 0.1) is 5.92 Å². The van der Waals surface area contributed by atoms with E-state index in [0.29, 0.717) is 30.7 Å². The van der Waals surface area contributed by atoms with Crippen LogP contribution in [-0.2, 0) is 17.6 Å². The molecule has 20 heavy (non-hydrogen) atoms. The van der Waals surface area contributed by atoms with Gasteiger partial charge in [-0.1, -0.05) is 28.9 Å². The molecule has 0 aliphatic heterocycles. The molecule has 4 nitrogen and oxygen atoms in total. The van der Waals surface area contributed by atoms with Gasteiger partial charge < -0.3 is 9.63 Å². The molecule has 0 saturated carbocycles. The van der Waals surface area contributed by atoms with Crippen molar-refractivity contribution in [2.24, 2.45) is 5.92 Å². The van der Waals surface area contributed by atoms with Crippen LogP contribution in [0.5, 0.6) is 0 Å². The van der Waals surface area contributed by atoms with Gasteiger partial charge in [0.2, 0.25) is 0 Å². The summed E-state index contributed by atoms with van der Waals surface area (Å²) in [5, 5.41) is 14.0. The lowest BCUT2D eigenvalue weighted by atomic mass is 9.99. The van der Waals surface area contributed by atoms with E-state index in [1.165, 1.54) is 0 Å². The molecule has 1 aliphatic carbocycles. The number of hydrogen-bond acceptors (Lipinski definition) is 3.